The van der Waals surface area contributed by atoms with Crippen LogP contribution in [0.4, 0.5) is 11.5 Å². The zero-order chi connectivity index (χ0) is 13.8. The van der Waals surface area contributed by atoms with Crippen molar-refractivity contribution in [2.24, 2.45) is 0 Å². The van der Waals surface area contributed by atoms with Crippen molar-refractivity contribution in [3.63, 3.8) is 0 Å². The molecule has 100 valence electrons. The molecule has 0 bridgehead atoms. The van der Waals surface area contributed by atoms with Gasteiger partial charge in [0.1, 0.15) is 5.82 Å². The number of aromatic nitrogens is 1. The van der Waals surface area contributed by atoms with Crippen molar-refractivity contribution in [3.05, 3.63) is 30.0 Å². The van der Waals surface area contributed by atoms with Gasteiger partial charge in [0, 0.05) is 29.2 Å². The molecule has 1 heterocycles. The Morgan fingerprint density at radius 1 is 1.42 bits per heavy atom. The van der Waals surface area contributed by atoms with E-state index in [1.165, 1.54) is 7.11 Å². The number of hydrogen-bond donors (Lipinski definition) is 2. The first kappa shape index (κ1) is 13.1. The second-order valence-corrected chi connectivity index (χ2v) is 4.31. The highest BCUT2D eigenvalue weighted by Gasteiger charge is 2.08. The number of pyridine rings is 1. The lowest BCUT2D eigenvalue weighted by Gasteiger charge is -2.11. The second kappa shape index (κ2) is 5.56. The Bertz CT molecular complexity index is 611. The number of benzene rings is 1. The number of nitrogens with zero attached hydrogens (tertiary/aromatic N) is 1. The average Bonchev–Trinajstić information content (AvgIpc) is 2.43. The number of ether oxygens (including phenoxy) is 1. The predicted molar refractivity (Wildman–Crippen MR) is 76.0 cm³/mol. The number of nitrogen functional groups attached to an aromatic ring is 1. The molecule has 0 amide bonds. The maximum atomic E-state index is 11.1. The molecule has 0 unspecified atom stereocenters. The number of nitrogens with one attached hydrogen (secondary N) is 1. The quantitative estimate of drug-likeness (QED) is 0.649. The molecule has 19 heavy (non-hydrogen) atoms. The number of methoxy groups -OCH3 is 1. The molecular weight excluding hydrogens is 242 g/mol. The molecule has 0 saturated carbocycles. The summed E-state index contributed by atoms with van der Waals surface area (Å²) in [6, 6.07) is 5.74. The third-order valence-electron chi connectivity index (χ3n) is 3.02. The van der Waals surface area contributed by atoms with Crippen LogP contribution in [0.15, 0.2) is 24.4 Å². The smallest absolute Gasteiger partial charge is 0.307 e. The van der Waals surface area contributed by atoms with Crippen molar-refractivity contribution in [2.45, 2.75) is 13.3 Å². The van der Waals surface area contributed by atoms with Gasteiger partial charge in [0.15, 0.2) is 0 Å². The summed E-state index contributed by atoms with van der Waals surface area (Å²) in [5.74, 6) is 0.496. The van der Waals surface area contributed by atoms with Gasteiger partial charge in [-0.2, -0.15) is 0 Å². The van der Waals surface area contributed by atoms with Crippen LogP contribution in [0.3, 0.4) is 0 Å². The van der Waals surface area contributed by atoms with Gasteiger partial charge in [0.2, 0.25) is 0 Å². The van der Waals surface area contributed by atoms with Gasteiger partial charge in [0.05, 0.1) is 13.5 Å². The minimum Gasteiger partial charge on any atom is -0.469 e. The second-order valence-electron chi connectivity index (χ2n) is 4.31. The van der Waals surface area contributed by atoms with Crippen LogP contribution in [0.25, 0.3) is 10.8 Å². The summed E-state index contributed by atoms with van der Waals surface area (Å²) in [6.45, 7) is 2.49. The van der Waals surface area contributed by atoms with Gasteiger partial charge in [-0.25, -0.2) is 4.98 Å². The van der Waals surface area contributed by atoms with Crippen LogP contribution < -0.4 is 11.1 Å². The highest BCUT2D eigenvalue weighted by Crippen LogP contribution is 2.28. The predicted octanol–water partition coefficient (Wildman–Crippen LogP) is 2.10. The number of carbonyl (C=O) groups is 1. The third kappa shape index (κ3) is 2.76. The van der Waals surface area contributed by atoms with Gasteiger partial charge in [-0.15, -0.1) is 0 Å². The number of nitrogens with two attached hydrogens (primary N) is 1. The Labute approximate surface area is 111 Å². The van der Waals surface area contributed by atoms with E-state index in [2.05, 4.69) is 15.0 Å². The van der Waals surface area contributed by atoms with Crippen LogP contribution >= 0.6 is 0 Å². The normalized spacial score (nSPS) is 10.4. The van der Waals surface area contributed by atoms with Crippen LogP contribution in [0.1, 0.15) is 12.0 Å². The molecule has 2 aromatic rings. The Balaban J connectivity index is 2.28. The lowest BCUT2D eigenvalue weighted by Crippen LogP contribution is -2.11. The van der Waals surface area contributed by atoms with Gasteiger partial charge in [-0.1, -0.05) is 6.07 Å². The van der Waals surface area contributed by atoms with E-state index in [1.807, 2.05) is 25.1 Å². The van der Waals surface area contributed by atoms with Crippen molar-refractivity contribution in [3.8, 4) is 0 Å². The molecule has 5 nitrogen and oxygen atoms in total. The molecular formula is C14H17N3O2. The monoisotopic (exact) mass is 259 g/mol. The summed E-state index contributed by atoms with van der Waals surface area (Å²) in [5.41, 5.74) is 7.78. The minimum atomic E-state index is -0.246. The highest BCUT2D eigenvalue weighted by molar-refractivity contribution is 6.01. The summed E-state index contributed by atoms with van der Waals surface area (Å²) < 4.78 is 4.60. The van der Waals surface area contributed by atoms with E-state index in [9.17, 15) is 4.79 Å². The highest BCUT2D eigenvalue weighted by atomic mass is 16.5. The topological polar surface area (TPSA) is 77.2 Å². The van der Waals surface area contributed by atoms with Crippen LogP contribution in [0, 0.1) is 6.92 Å². The van der Waals surface area contributed by atoms with Crippen molar-refractivity contribution in [1.82, 2.24) is 4.98 Å². The number of fused-ring (bicyclic) bond motifs is 1. The number of rotatable bonds is 4. The van der Waals surface area contributed by atoms with Gasteiger partial charge >= 0.3 is 5.97 Å². The van der Waals surface area contributed by atoms with Crippen LogP contribution in [0.5, 0.6) is 0 Å². The molecule has 5 heteroatoms. The molecule has 2 rings (SSSR count). The molecule has 0 radical (unpaired) electrons. The van der Waals surface area contributed by atoms with Gasteiger partial charge in [0.25, 0.3) is 0 Å². The van der Waals surface area contributed by atoms with Crippen molar-refractivity contribution >= 4 is 28.2 Å². The van der Waals surface area contributed by atoms with Crippen molar-refractivity contribution < 1.29 is 9.53 Å². The Morgan fingerprint density at radius 3 is 2.95 bits per heavy atom. The lowest BCUT2D eigenvalue weighted by molar-refractivity contribution is -0.140. The van der Waals surface area contributed by atoms with Crippen LogP contribution in [0.2, 0.25) is 0 Å². The Hall–Kier alpha value is -2.30. The molecule has 0 aliphatic heterocycles. The number of hydrogen-bond acceptors (Lipinski definition) is 5. The average molecular weight is 259 g/mol. The first-order chi connectivity index (χ1) is 9.13. The molecule has 1 aromatic heterocycles. The van der Waals surface area contributed by atoms with E-state index in [-0.39, 0.29) is 5.97 Å². The van der Waals surface area contributed by atoms with Crippen molar-refractivity contribution in [1.29, 1.82) is 0 Å². The fourth-order valence-corrected chi connectivity index (χ4v) is 2.01. The van der Waals surface area contributed by atoms with Crippen LogP contribution in [-0.4, -0.2) is 24.6 Å². The first-order valence-electron chi connectivity index (χ1n) is 6.08. The molecule has 1 aromatic carbocycles. The zero-order valence-electron chi connectivity index (χ0n) is 11.1. The maximum Gasteiger partial charge on any atom is 0.307 e. The molecule has 0 aliphatic rings. The van der Waals surface area contributed by atoms with Crippen LogP contribution in [-0.2, 0) is 9.53 Å². The van der Waals surface area contributed by atoms with E-state index < -0.39 is 0 Å². The van der Waals surface area contributed by atoms with Gasteiger partial charge in [-0.05, 0) is 24.6 Å². The standard InChI is InChI=1S/C14H17N3O2/c1-9-3-4-11(15)10-5-7-16-14(13(9)10)17-8-6-12(18)19-2/h3-5,7H,6,8,15H2,1-2H3,(H,16,17). The molecule has 0 spiro atoms. The molecule has 0 aliphatic carbocycles. The maximum absolute atomic E-state index is 11.1. The molecule has 0 atom stereocenters. The van der Waals surface area contributed by atoms with E-state index in [0.717, 1.165) is 27.8 Å². The number of esters is 1. The lowest BCUT2D eigenvalue weighted by atomic mass is 10.1. The Morgan fingerprint density at radius 2 is 2.21 bits per heavy atom. The fourth-order valence-electron chi connectivity index (χ4n) is 2.01. The number of aryl methyl sites for hydroxylation is 1. The van der Waals surface area contributed by atoms with E-state index in [1.54, 1.807) is 6.20 Å². The Kier molecular flexibility index (Phi) is 3.85. The number of carbonyl (C=O) groups excluding carboxylic acids is 1. The van der Waals surface area contributed by atoms with E-state index >= 15 is 0 Å². The summed E-state index contributed by atoms with van der Waals surface area (Å²) in [6.07, 6.45) is 2.01. The largest absolute Gasteiger partial charge is 0.469 e. The summed E-state index contributed by atoms with van der Waals surface area (Å²) >= 11 is 0. The molecule has 0 fully saturated rings. The number of anilines is 2. The fraction of sp³-hybridized carbons (Fsp3) is 0.286. The van der Waals surface area contributed by atoms with E-state index in [4.69, 9.17) is 5.73 Å². The summed E-state index contributed by atoms with van der Waals surface area (Å²) in [4.78, 5) is 15.4. The van der Waals surface area contributed by atoms with Crippen molar-refractivity contribution in [2.75, 3.05) is 24.7 Å². The van der Waals surface area contributed by atoms with Gasteiger partial charge in [-0.3, -0.25) is 4.79 Å². The van der Waals surface area contributed by atoms with Gasteiger partial charge < -0.3 is 15.8 Å². The summed E-state index contributed by atoms with van der Waals surface area (Å²) in [7, 11) is 1.38. The third-order valence-corrected chi connectivity index (χ3v) is 3.02. The first-order valence-corrected chi connectivity index (χ1v) is 6.08. The minimum absolute atomic E-state index is 0.246. The zero-order valence-corrected chi connectivity index (χ0v) is 11.1. The summed E-state index contributed by atoms with van der Waals surface area (Å²) in [5, 5.41) is 5.11. The van der Waals surface area contributed by atoms with E-state index in [0.29, 0.717) is 13.0 Å². The molecule has 0 saturated heterocycles. The molecule has 3 N–H and O–H groups in total. The SMILES string of the molecule is COC(=O)CCNc1nccc2c(N)ccc(C)c12.